The van der Waals surface area contributed by atoms with Crippen molar-refractivity contribution in [1.82, 2.24) is 5.16 Å². The largest absolute Gasteiger partial charge is 0.481 e. The molecular weight excluding hydrogens is 312 g/mol. The highest BCUT2D eigenvalue weighted by molar-refractivity contribution is 9.10. The lowest BCUT2D eigenvalue weighted by Crippen LogP contribution is -2.31. The summed E-state index contributed by atoms with van der Waals surface area (Å²) in [6.07, 6.45) is 0.615. The number of carboxylic acid groups (broad SMARTS) is 1. The van der Waals surface area contributed by atoms with Crippen LogP contribution in [0.1, 0.15) is 26.7 Å². The lowest BCUT2D eigenvalue weighted by atomic mass is 9.98. The number of hydrogen-bond acceptors (Lipinski definition) is 4. The highest BCUT2D eigenvalue weighted by Crippen LogP contribution is 2.29. The van der Waals surface area contributed by atoms with Gasteiger partial charge in [-0.05, 0) is 38.5 Å². The molecule has 0 unspecified atom stereocenters. The molecule has 102 valence electrons. The van der Waals surface area contributed by atoms with E-state index in [2.05, 4.69) is 26.4 Å². The first-order valence-corrected chi connectivity index (χ1v) is 6.72. The molecule has 0 spiro atoms. The summed E-state index contributed by atoms with van der Waals surface area (Å²) < 4.78 is 6.17. The molecule has 5 nitrogen and oxygen atoms in total. The summed E-state index contributed by atoms with van der Waals surface area (Å²) in [5.74, 6) is -0.172. The first-order valence-electron chi connectivity index (χ1n) is 5.92. The number of aliphatic carboxylic acids is 1. The van der Waals surface area contributed by atoms with Crippen molar-refractivity contribution in [2.45, 2.75) is 32.2 Å². The molecule has 1 heterocycles. The van der Waals surface area contributed by atoms with E-state index in [0.717, 1.165) is 9.86 Å². The monoisotopic (exact) mass is 326 g/mol. The number of carboxylic acids is 1. The Morgan fingerprint density at radius 1 is 1.53 bits per heavy atom. The molecule has 2 rings (SSSR count). The Morgan fingerprint density at radius 3 is 2.95 bits per heavy atom. The van der Waals surface area contributed by atoms with Gasteiger partial charge in [0.2, 0.25) is 0 Å². The van der Waals surface area contributed by atoms with Crippen molar-refractivity contribution < 1.29 is 14.4 Å². The van der Waals surface area contributed by atoms with Gasteiger partial charge >= 0.3 is 5.97 Å². The van der Waals surface area contributed by atoms with Crippen molar-refractivity contribution in [1.29, 1.82) is 0 Å². The van der Waals surface area contributed by atoms with Crippen LogP contribution in [0.25, 0.3) is 11.0 Å². The molecule has 0 bridgehead atoms. The molecule has 2 N–H and O–H groups in total. The van der Waals surface area contributed by atoms with Crippen molar-refractivity contribution in [2.24, 2.45) is 0 Å². The Morgan fingerprint density at radius 2 is 2.26 bits per heavy atom. The zero-order valence-electron chi connectivity index (χ0n) is 10.7. The van der Waals surface area contributed by atoms with Gasteiger partial charge < -0.3 is 14.9 Å². The van der Waals surface area contributed by atoms with Crippen LogP contribution in [-0.2, 0) is 4.79 Å². The third-order valence-corrected chi connectivity index (χ3v) is 3.35. The first-order chi connectivity index (χ1) is 8.87. The average Bonchev–Trinajstić information content (AvgIpc) is 2.69. The maximum absolute atomic E-state index is 10.6. The van der Waals surface area contributed by atoms with Gasteiger partial charge in [0.25, 0.3) is 0 Å². The minimum Gasteiger partial charge on any atom is -0.481 e. The summed E-state index contributed by atoms with van der Waals surface area (Å²) in [6, 6.07) is 5.64. The average molecular weight is 327 g/mol. The van der Waals surface area contributed by atoms with Gasteiger partial charge in [-0.3, -0.25) is 4.79 Å². The fourth-order valence-corrected chi connectivity index (χ4v) is 2.16. The van der Waals surface area contributed by atoms with E-state index >= 15 is 0 Å². The highest BCUT2D eigenvalue weighted by Gasteiger charge is 2.21. The number of aromatic nitrogens is 1. The van der Waals surface area contributed by atoms with Gasteiger partial charge in [0.15, 0.2) is 11.4 Å². The number of nitrogens with one attached hydrogen (secondary N) is 1. The fourth-order valence-electron chi connectivity index (χ4n) is 1.80. The molecule has 19 heavy (non-hydrogen) atoms. The number of nitrogens with zero attached hydrogens (tertiary/aromatic N) is 1. The van der Waals surface area contributed by atoms with E-state index in [4.69, 9.17) is 9.63 Å². The number of hydrogen-bond donors (Lipinski definition) is 2. The van der Waals surface area contributed by atoms with Gasteiger partial charge in [0.1, 0.15) is 0 Å². The van der Waals surface area contributed by atoms with Gasteiger partial charge in [-0.1, -0.05) is 21.1 Å². The SMILES string of the molecule is CC(C)(CCC(=O)O)Nc1noc2ccc(Br)cc12. The fraction of sp³-hybridized carbons (Fsp3) is 0.385. The molecule has 0 atom stereocenters. The zero-order chi connectivity index (χ0) is 14.0. The maximum atomic E-state index is 10.6. The van der Waals surface area contributed by atoms with Crippen LogP contribution in [-0.4, -0.2) is 21.8 Å². The second-order valence-corrected chi connectivity index (χ2v) is 5.99. The van der Waals surface area contributed by atoms with Crippen LogP contribution in [0.4, 0.5) is 5.82 Å². The Balaban J connectivity index is 2.20. The van der Waals surface area contributed by atoms with E-state index in [1.54, 1.807) is 0 Å². The Labute approximate surface area is 119 Å². The van der Waals surface area contributed by atoms with Gasteiger partial charge in [-0.2, -0.15) is 0 Å². The van der Waals surface area contributed by atoms with Gasteiger partial charge in [0, 0.05) is 16.4 Å². The molecule has 0 amide bonds. The predicted octanol–water partition coefficient (Wildman–Crippen LogP) is 3.65. The Kier molecular flexibility index (Phi) is 3.80. The molecule has 0 aliphatic heterocycles. The summed E-state index contributed by atoms with van der Waals surface area (Å²) in [4.78, 5) is 10.6. The molecule has 1 aromatic carbocycles. The minimum atomic E-state index is -0.803. The lowest BCUT2D eigenvalue weighted by Gasteiger charge is -2.25. The van der Waals surface area contributed by atoms with E-state index < -0.39 is 5.97 Å². The van der Waals surface area contributed by atoms with E-state index in [0.29, 0.717) is 17.8 Å². The van der Waals surface area contributed by atoms with Gasteiger partial charge in [0.05, 0.1) is 5.39 Å². The number of carbonyl (C=O) groups is 1. The van der Waals surface area contributed by atoms with Crippen molar-refractivity contribution >= 4 is 38.7 Å². The van der Waals surface area contributed by atoms with Gasteiger partial charge in [-0.15, -0.1) is 0 Å². The van der Waals surface area contributed by atoms with Crippen molar-refractivity contribution in [3.8, 4) is 0 Å². The molecule has 0 radical (unpaired) electrons. The number of benzene rings is 1. The number of rotatable bonds is 5. The Hall–Kier alpha value is -1.56. The maximum Gasteiger partial charge on any atom is 0.303 e. The predicted molar refractivity (Wildman–Crippen MR) is 76.3 cm³/mol. The minimum absolute atomic E-state index is 0.111. The molecule has 2 aromatic rings. The molecule has 0 fully saturated rings. The third-order valence-electron chi connectivity index (χ3n) is 2.85. The zero-order valence-corrected chi connectivity index (χ0v) is 12.3. The first kappa shape index (κ1) is 13.9. The number of anilines is 1. The summed E-state index contributed by atoms with van der Waals surface area (Å²) in [5, 5.41) is 16.8. The van der Waals surface area contributed by atoms with Crippen LogP contribution >= 0.6 is 15.9 Å². The summed E-state index contributed by atoms with van der Waals surface area (Å²) >= 11 is 3.41. The van der Waals surface area contributed by atoms with Crippen molar-refractivity contribution in [3.05, 3.63) is 22.7 Å². The molecule has 1 aromatic heterocycles. The van der Waals surface area contributed by atoms with Crippen LogP contribution in [0, 0.1) is 0 Å². The number of fused-ring (bicyclic) bond motifs is 1. The molecular formula is C13H15BrN2O3. The standard InChI is InChI=1S/C13H15BrN2O3/c1-13(2,6-5-11(17)18)15-12-9-7-8(14)3-4-10(9)19-16-12/h3-4,7H,5-6H2,1-2H3,(H,15,16)(H,17,18). The summed E-state index contributed by atoms with van der Waals surface area (Å²) in [5.41, 5.74) is 0.324. The Bertz CT molecular complexity index is 607. The van der Waals surface area contributed by atoms with Gasteiger partial charge in [-0.25, -0.2) is 0 Å². The molecule has 0 saturated carbocycles. The van der Waals surface area contributed by atoms with Crippen LogP contribution in [0.5, 0.6) is 0 Å². The van der Waals surface area contributed by atoms with E-state index in [1.165, 1.54) is 0 Å². The van der Waals surface area contributed by atoms with E-state index in [-0.39, 0.29) is 12.0 Å². The summed E-state index contributed by atoms with van der Waals surface area (Å²) in [7, 11) is 0. The molecule has 0 aliphatic rings. The third kappa shape index (κ3) is 3.47. The molecule has 6 heteroatoms. The van der Waals surface area contributed by atoms with Crippen molar-refractivity contribution in [2.75, 3.05) is 5.32 Å². The van der Waals surface area contributed by atoms with Crippen LogP contribution in [0.2, 0.25) is 0 Å². The van der Waals surface area contributed by atoms with Crippen LogP contribution in [0.3, 0.4) is 0 Å². The van der Waals surface area contributed by atoms with Crippen LogP contribution < -0.4 is 5.32 Å². The van der Waals surface area contributed by atoms with Crippen molar-refractivity contribution in [3.63, 3.8) is 0 Å². The molecule has 0 saturated heterocycles. The molecule has 0 aliphatic carbocycles. The normalized spacial score (nSPS) is 11.7. The second-order valence-electron chi connectivity index (χ2n) is 5.07. The topological polar surface area (TPSA) is 75.4 Å². The lowest BCUT2D eigenvalue weighted by molar-refractivity contribution is -0.137. The van der Waals surface area contributed by atoms with Crippen LogP contribution in [0.15, 0.2) is 27.2 Å². The smallest absolute Gasteiger partial charge is 0.303 e. The second kappa shape index (κ2) is 5.21. The highest BCUT2D eigenvalue weighted by atomic mass is 79.9. The quantitative estimate of drug-likeness (QED) is 0.877. The van der Waals surface area contributed by atoms with E-state index in [1.807, 2.05) is 32.0 Å². The summed E-state index contributed by atoms with van der Waals surface area (Å²) in [6.45, 7) is 3.88. The number of halogens is 1. The van der Waals surface area contributed by atoms with E-state index in [9.17, 15) is 4.79 Å².